The summed E-state index contributed by atoms with van der Waals surface area (Å²) in [6, 6.07) is 4.68. The van der Waals surface area contributed by atoms with E-state index in [0.717, 1.165) is 6.42 Å². The van der Waals surface area contributed by atoms with E-state index in [1.807, 2.05) is 0 Å². The van der Waals surface area contributed by atoms with Gasteiger partial charge in [0.05, 0.1) is 4.92 Å². The minimum absolute atomic E-state index is 0.0478. The number of hydrogen-bond donors (Lipinski definition) is 1. The normalized spacial score (nSPS) is 9.53. The highest BCUT2D eigenvalue weighted by atomic mass is 35.5. The lowest BCUT2D eigenvalue weighted by Gasteiger charge is -2.04. The van der Waals surface area contributed by atoms with E-state index in [1.54, 1.807) is 19.1 Å². The van der Waals surface area contributed by atoms with Gasteiger partial charge >= 0.3 is 0 Å². The Balaban J connectivity index is 2.63. The number of hydrogen-bond acceptors (Lipinski definition) is 3. The monoisotopic (exact) mass is 252 g/mol. The number of halogens is 1. The highest BCUT2D eigenvalue weighted by Gasteiger charge is 2.13. The van der Waals surface area contributed by atoms with Crippen molar-refractivity contribution >= 4 is 17.3 Å². The molecular weight excluding hydrogens is 240 g/mol. The Morgan fingerprint density at radius 3 is 2.94 bits per heavy atom. The number of nitro benzene ring substituents is 1. The van der Waals surface area contributed by atoms with Gasteiger partial charge in [-0.1, -0.05) is 11.6 Å². The van der Waals surface area contributed by atoms with Gasteiger partial charge in [-0.05, 0) is 19.1 Å². The lowest BCUT2D eigenvalue weighted by atomic mass is 10.2. The summed E-state index contributed by atoms with van der Waals surface area (Å²) < 4.78 is 0. The van der Waals surface area contributed by atoms with Crippen LogP contribution in [0, 0.1) is 22.0 Å². The molecule has 0 heterocycles. The summed E-state index contributed by atoms with van der Waals surface area (Å²) in [7, 11) is 0. The molecule has 0 unspecified atom stereocenters. The average Bonchev–Trinajstić information content (AvgIpc) is 2.30. The highest BCUT2D eigenvalue weighted by Crippen LogP contribution is 2.22. The van der Waals surface area contributed by atoms with Crippen LogP contribution in [0.4, 0.5) is 5.69 Å². The van der Waals surface area contributed by atoms with Gasteiger partial charge in [0.15, 0.2) is 0 Å². The summed E-state index contributed by atoms with van der Waals surface area (Å²) >= 11 is 5.72. The van der Waals surface area contributed by atoms with Gasteiger partial charge in [-0.3, -0.25) is 10.1 Å². The molecule has 0 saturated carbocycles. The van der Waals surface area contributed by atoms with Crippen LogP contribution >= 0.6 is 11.6 Å². The lowest BCUT2D eigenvalue weighted by molar-refractivity contribution is -0.385. The maximum atomic E-state index is 10.8. The first kappa shape index (κ1) is 13.5. The molecule has 1 N–H and O–H groups in total. The van der Waals surface area contributed by atoms with Gasteiger partial charge in [-0.2, -0.15) is 0 Å². The van der Waals surface area contributed by atoms with E-state index >= 15 is 0 Å². The van der Waals surface area contributed by atoms with Crippen molar-refractivity contribution < 1.29 is 4.92 Å². The molecule has 0 aliphatic carbocycles. The van der Waals surface area contributed by atoms with Crippen LogP contribution in [0.1, 0.15) is 18.9 Å². The molecule has 0 radical (unpaired) electrons. The number of nitrogens with one attached hydrogen (secondary N) is 1. The van der Waals surface area contributed by atoms with E-state index < -0.39 is 4.92 Å². The molecule has 0 saturated heterocycles. The zero-order chi connectivity index (χ0) is 12.7. The number of rotatable bonds is 5. The number of benzene rings is 1. The van der Waals surface area contributed by atoms with Crippen LogP contribution in [0.15, 0.2) is 18.2 Å². The number of nitro groups is 1. The van der Waals surface area contributed by atoms with Crippen molar-refractivity contribution in [3.8, 4) is 11.8 Å². The third-order valence-electron chi connectivity index (χ3n) is 2.16. The Kier molecular flexibility index (Phi) is 5.47. The van der Waals surface area contributed by atoms with Gasteiger partial charge < -0.3 is 5.32 Å². The Morgan fingerprint density at radius 2 is 2.29 bits per heavy atom. The zero-order valence-corrected chi connectivity index (χ0v) is 10.3. The standard InChI is InChI=1S/C12H13ClN2O2/c1-2-3-4-7-14-9-10-5-6-11(13)8-12(10)15(16)17/h5-6,8,14H,4,7,9H2,1H3. The molecule has 0 aliphatic heterocycles. The predicted octanol–water partition coefficient (Wildman–Crippen LogP) is 2.75. The molecule has 1 aromatic rings. The third-order valence-corrected chi connectivity index (χ3v) is 2.40. The van der Waals surface area contributed by atoms with Crippen molar-refractivity contribution in [1.82, 2.24) is 5.32 Å². The first-order chi connectivity index (χ1) is 8.15. The van der Waals surface area contributed by atoms with Crippen molar-refractivity contribution in [1.29, 1.82) is 0 Å². The Bertz CT molecular complexity index is 463. The molecule has 0 aromatic heterocycles. The van der Waals surface area contributed by atoms with Gasteiger partial charge in [0, 0.05) is 36.2 Å². The summed E-state index contributed by atoms with van der Waals surface area (Å²) in [5.41, 5.74) is 0.676. The fraction of sp³-hybridized carbons (Fsp3) is 0.333. The Hall–Kier alpha value is -1.57. The summed E-state index contributed by atoms with van der Waals surface area (Å²) in [6.07, 6.45) is 0.734. The molecule has 4 nitrogen and oxygen atoms in total. The van der Waals surface area contributed by atoms with Gasteiger partial charge in [-0.25, -0.2) is 0 Å². The second-order valence-corrected chi connectivity index (χ2v) is 3.82. The van der Waals surface area contributed by atoms with Crippen LogP contribution in [0.2, 0.25) is 5.02 Å². The molecule has 90 valence electrons. The minimum atomic E-state index is -0.422. The average molecular weight is 253 g/mol. The van der Waals surface area contributed by atoms with Gasteiger partial charge in [0.25, 0.3) is 5.69 Å². The van der Waals surface area contributed by atoms with Gasteiger partial charge in [0.1, 0.15) is 0 Å². The van der Waals surface area contributed by atoms with Crippen LogP contribution in [-0.4, -0.2) is 11.5 Å². The van der Waals surface area contributed by atoms with E-state index in [-0.39, 0.29) is 5.69 Å². The molecule has 0 fully saturated rings. The van der Waals surface area contributed by atoms with Crippen LogP contribution < -0.4 is 5.32 Å². The van der Waals surface area contributed by atoms with Crippen LogP contribution in [-0.2, 0) is 6.54 Å². The molecule has 17 heavy (non-hydrogen) atoms. The largest absolute Gasteiger partial charge is 0.311 e. The predicted molar refractivity (Wildman–Crippen MR) is 67.9 cm³/mol. The summed E-state index contributed by atoms with van der Waals surface area (Å²) in [5, 5.41) is 14.3. The molecule has 5 heteroatoms. The van der Waals surface area contributed by atoms with E-state index in [1.165, 1.54) is 6.07 Å². The molecule has 0 amide bonds. The van der Waals surface area contributed by atoms with Crippen LogP contribution in [0.3, 0.4) is 0 Å². The maximum Gasteiger partial charge on any atom is 0.275 e. The SMILES string of the molecule is CC#CCCNCc1ccc(Cl)cc1[N+](=O)[O-]. The first-order valence-corrected chi connectivity index (χ1v) is 5.56. The summed E-state index contributed by atoms with van der Waals surface area (Å²) in [6.45, 7) is 2.93. The lowest BCUT2D eigenvalue weighted by Crippen LogP contribution is -2.15. The molecule has 1 rings (SSSR count). The minimum Gasteiger partial charge on any atom is -0.311 e. The topological polar surface area (TPSA) is 55.2 Å². The number of nitrogens with zero attached hydrogens (tertiary/aromatic N) is 1. The smallest absolute Gasteiger partial charge is 0.275 e. The molecule has 0 bridgehead atoms. The zero-order valence-electron chi connectivity index (χ0n) is 9.50. The van der Waals surface area contributed by atoms with Crippen molar-refractivity contribution in [2.75, 3.05) is 6.54 Å². The van der Waals surface area contributed by atoms with Crippen LogP contribution in [0.25, 0.3) is 0 Å². The van der Waals surface area contributed by atoms with E-state index in [9.17, 15) is 10.1 Å². The second kappa shape index (κ2) is 6.89. The summed E-state index contributed by atoms with van der Waals surface area (Å²) in [4.78, 5) is 10.4. The Morgan fingerprint density at radius 1 is 1.53 bits per heavy atom. The second-order valence-electron chi connectivity index (χ2n) is 3.38. The molecule has 1 aromatic carbocycles. The first-order valence-electron chi connectivity index (χ1n) is 5.18. The fourth-order valence-electron chi connectivity index (χ4n) is 1.36. The maximum absolute atomic E-state index is 10.8. The van der Waals surface area contributed by atoms with Gasteiger partial charge in [-0.15, -0.1) is 11.8 Å². The van der Waals surface area contributed by atoms with Crippen molar-refractivity contribution in [2.24, 2.45) is 0 Å². The molecule has 0 spiro atoms. The van der Waals surface area contributed by atoms with E-state index in [2.05, 4.69) is 17.2 Å². The van der Waals surface area contributed by atoms with Crippen molar-refractivity contribution in [2.45, 2.75) is 19.9 Å². The third kappa shape index (κ3) is 4.43. The van der Waals surface area contributed by atoms with E-state index in [4.69, 9.17) is 11.6 Å². The quantitative estimate of drug-likeness (QED) is 0.379. The van der Waals surface area contributed by atoms with E-state index in [0.29, 0.717) is 23.7 Å². The van der Waals surface area contributed by atoms with Crippen molar-refractivity contribution in [3.05, 3.63) is 38.9 Å². The van der Waals surface area contributed by atoms with Crippen molar-refractivity contribution in [3.63, 3.8) is 0 Å². The summed E-state index contributed by atoms with van der Waals surface area (Å²) in [5.74, 6) is 5.70. The highest BCUT2D eigenvalue weighted by molar-refractivity contribution is 6.30. The molecule has 0 aliphatic rings. The molecule has 0 atom stereocenters. The van der Waals surface area contributed by atoms with Gasteiger partial charge in [0.2, 0.25) is 0 Å². The fourth-order valence-corrected chi connectivity index (χ4v) is 1.52. The Labute approximate surface area is 105 Å². The van der Waals surface area contributed by atoms with Crippen LogP contribution in [0.5, 0.6) is 0 Å². The molecular formula is C12H13ClN2O2.